The van der Waals surface area contributed by atoms with Gasteiger partial charge >= 0.3 is 0 Å². The Balaban J connectivity index is 2.53. The van der Waals surface area contributed by atoms with Crippen LogP contribution in [0.2, 0.25) is 0 Å². The topological polar surface area (TPSA) is 73.2 Å². The fourth-order valence-corrected chi connectivity index (χ4v) is 2.38. The van der Waals surface area contributed by atoms with Crippen molar-refractivity contribution >= 4 is 11.8 Å². The molecular formula is C14H23N3O2. The zero-order chi connectivity index (χ0) is 14.5. The normalized spacial score (nSPS) is 17.0. The van der Waals surface area contributed by atoms with Crippen molar-refractivity contribution in [1.29, 1.82) is 5.26 Å². The van der Waals surface area contributed by atoms with Crippen LogP contribution < -0.4 is 5.32 Å². The van der Waals surface area contributed by atoms with Crippen LogP contribution in [0.15, 0.2) is 0 Å². The molecule has 5 heteroatoms. The van der Waals surface area contributed by atoms with Crippen LogP contribution in [0, 0.1) is 22.7 Å². The first-order valence-electron chi connectivity index (χ1n) is 6.85. The second-order valence-corrected chi connectivity index (χ2v) is 5.76. The van der Waals surface area contributed by atoms with E-state index < -0.39 is 5.41 Å². The van der Waals surface area contributed by atoms with Crippen molar-refractivity contribution in [2.24, 2.45) is 11.3 Å². The minimum atomic E-state index is -0.896. The first-order chi connectivity index (χ1) is 8.91. The lowest BCUT2D eigenvalue weighted by Gasteiger charge is -2.26. The molecule has 0 spiro atoms. The van der Waals surface area contributed by atoms with E-state index in [1.165, 1.54) is 4.90 Å². The third-order valence-corrected chi connectivity index (χ3v) is 3.52. The Bertz CT molecular complexity index is 379. The molecule has 0 bridgehead atoms. The first-order valence-corrected chi connectivity index (χ1v) is 6.85. The highest BCUT2D eigenvalue weighted by Gasteiger charge is 2.43. The van der Waals surface area contributed by atoms with E-state index in [1.807, 2.05) is 13.8 Å². The van der Waals surface area contributed by atoms with Gasteiger partial charge in [0.15, 0.2) is 0 Å². The van der Waals surface area contributed by atoms with Crippen LogP contribution in [-0.2, 0) is 9.59 Å². The summed E-state index contributed by atoms with van der Waals surface area (Å²) in [6.45, 7) is 4.65. The predicted molar refractivity (Wildman–Crippen MR) is 72.0 cm³/mol. The number of hydrogen-bond acceptors (Lipinski definition) is 3. The summed E-state index contributed by atoms with van der Waals surface area (Å²) in [5.41, 5.74) is -0.896. The van der Waals surface area contributed by atoms with Crippen molar-refractivity contribution in [1.82, 2.24) is 10.2 Å². The van der Waals surface area contributed by atoms with Crippen LogP contribution >= 0.6 is 0 Å². The Kier molecular flexibility index (Phi) is 5.34. The van der Waals surface area contributed by atoms with Crippen molar-refractivity contribution < 1.29 is 9.59 Å². The van der Waals surface area contributed by atoms with Gasteiger partial charge in [0.05, 0.1) is 12.6 Å². The smallest absolute Gasteiger partial charge is 0.243 e. The summed E-state index contributed by atoms with van der Waals surface area (Å²) < 4.78 is 0. The highest BCUT2D eigenvalue weighted by atomic mass is 16.2. The van der Waals surface area contributed by atoms with Crippen LogP contribution in [0.25, 0.3) is 0 Å². The number of amides is 2. The summed E-state index contributed by atoms with van der Waals surface area (Å²) in [4.78, 5) is 25.4. The molecule has 0 aliphatic heterocycles. The molecule has 1 fully saturated rings. The van der Waals surface area contributed by atoms with Gasteiger partial charge < -0.3 is 10.2 Å². The van der Waals surface area contributed by atoms with Crippen LogP contribution in [0.4, 0.5) is 0 Å². The van der Waals surface area contributed by atoms with E-state index in [0.29, 0.717) is 25.3 Å². The molecule has 0 radical (unpaired) electrons. The SMILES string of the molecule is CC(C)CNC(=O)CN(C)C(=O)C1(C#N)CCCC1. The van der Waals surface area contributed by atoms with E-state index in [4.69, 9.17) is 0 Å². The molecule has 0 atom stereocenters. The maximum absolute atomic E-state index is 12.3. The van der Waals surface area contributed by atoms with E-state index in [-0.39, 0.29) is 18.4 Å². The average molecular weight is 265 g/mol. The average Bonchev–Trinajstić information content (AvgIpc) is 2.85. The molecule has 0 saturated heterocycles. The van der Waals surface area contributed by atoms with Gasteiger partial charge in [-0.25, -0.2) is 0 Å². The van der Waals surface area contributed by atoms with Crippen molar-refractivity contribution in [2.75, 3.05) is 20.1 Å². The number of carbonyl (C=O) groups excluding carboxylic acids is 2. The molecule has 1 saturated carbocycles. The maximum atomic E-state index is 12.3. The van der Waals surface area contributed by atoms with Gasteiger partial charge in [0.1, 0.15) is 5.41 Å². The van der Waals surface area contributed by atoms with Crippen molar-refractivity contribution in [2.45, 2.75) is 39.5 Å². The van der Waals surface area contributed by atoms with E-state index in [1.54, 1.807) is 7.05 Å². The zero-order valence-corrected chi connectivity index (χ0v) is 12.0. The second-order valence-electron chi connectivity index (χ2n) is 5.76. The number of likely N-dealkylation sites (N-methyl/N-ethyl adjacent to an activating group) is 1. The number of nitrogens with zero attached hydrogens (tertiary/aromatic N) is 2. The van der Waals surface area contributed by atoms with E-state index in [2.05, 4.69) is 11.4 Å². The summed E-state index contributed by atoms with van der Waals surface area (Å²) in [6.07, 6.45) is 3.04. The van der Waals surface area contributed by atoms with E-state index in [9.17, 15) is 14.9 Å². The molecule has 2 amide bonds. The van der Waals surface area contributed by atoms with Gasteiger partial charge in [-0.2, -0.15) is 5.26 Å². The van der Waals surface area contributed by atoms with Gasteiger partial charge in [-0.1, -0.05) is 26.7 Å². The number of rotatable bonds is 5. The summed E-state index contributed by atoms with van der Waals surface area (Å²) >= 11 is 0. The highest BCUT2D eigenvalue weighted by Crippen LogP contribution is 2.38. The lowest BCUT2D eigenvalue weighted by atomic mass is 9.86. The van der Waals surface area contributed by atoms with Crippen molar-refractivity contribution in [3.8, 4) is 6.07 Å². The third-order valence-electron chi connectivity index (χ3n) is 3.52. The number of carbonyl (C=O) groups is 2. The molecule has 0 heterocycles. The highest BCUT2D eigenvalue weighted by molar-refractivity contribution is 5.89. The van der Waals surface area contributed by atoms with Crippen LogP contribution in [0.1, 0.15) is 39.5 Å². The fraction of sp³-hybridized carbons (Fsp3) is 0.786. The Labute approximate surface area is 115 Å². The predicted octanol–water partition coefficient (Wildman–Crippen LogP) is 1.30. The van der Waals surface area contributed by atoms with E-state index in [0.717, 1.165) is 12.8 Å². The molecule has 1 N–H and O–H groups in total. The molecular weight excluding hydrogens is 242 g/mol. The minimum absolute atomic E-state index is 0.0228. The van der Waals surface area contributed by atoms with Crippen molar-refractivity contribution in [3.63, 3.8) is 0 Å². The van der Waals surface area contributed by atoms with Gasteiger partial charge in [0, 0.05) is 13.6 Å². The minimum Gasteiger partial charge on any atom is -0.354 e. The standard InChI is InChI=1S/C14H23N3O2/c1-11(2)8-16-12(18)9-17(3)13(19)14(10-15)6-4-5-7-14/h11H,4-9H2,1-3H3,(H,16,18). The molecule has 1 aliphatic carbocycles. The largest absolute Gasteiger partial charge is 0.354 e. The molecule has 1 rings (SSSR count). The van der Waals surface area contributed by atoms with E-state index >= 15 is 0 Å². The summed E-state index contributed by atoms with van der Waals surface area (Å²) in [5.74, 6) is -0.00641. The maximum Gasteiger partial charge on any atom is 0.243 e. The lowest BCUT2D eigenvalue weighted by Crippen LogP contribution is -2.45. The fourth-order valence-electron chi connectivity index (χ4n) is 2.38. The Morgan fingerprint density at radius 3 is 2.42 bits per heavy atom. The second kappa shape index (κ2) is 6.55. The Morgan fingerprint density at radius 1 is 1.37 bits per heavy atom. The molecule has 106 valence electrons. The Morgan fingerprint density at radius 2 is 1.95 bits per heavy atom. The monoisotopic (exact) mass is 265 g/mol. The van der Waals surface area contributed by atoms with Crippen LogP contribution in [0.5, 0.6) is 0 Å². The Hall–Kier alpha value is -1.57. The molecule has 19 heavy (non-hydrogen) atoms. The first kappa shape index (κ1) is 15.5. The molecule has 0 aromatic rings. The molecule has 0 unspecified atom stereocenters. The summed E-state index contributed by atoms with van der Waals surface area (Å²) in [6, 6.07) is 2.16. The van der Waals surface area contributed by atoms with Crippen molar-refractivity contribution in [3.05, 3.63) is 0 Å². The lowest BCUT2D eigenvalue weighted by molar-refractivity contribution is -0.140. The molecule has 0 aromatic heterocycles. The van der Waals surface area contributed by atoms with Gasteiger partial charge in [0.25, 0.3) is 0 Å². The van der Waals surface area contributed by atoms with Gasteiger partial charge in [-0.3, -0.25) is 9.59 Å². The number of nitriles is 1. The molecule has 5 nitrogen and oxygen atoms in total. The summed E-state index contributed by atoms with van der Waals surface area (Å²) in [7, 11) is 1.59. The van der Waals surface area contributed by atoms with Crippen LogP contribution in [-0.4, -0.2) is 36.9 Å². The summed E-state index contributed by atoms with van der Waals surface area (Å²) in [5, 5.41) is 12.0. The third kappa shape index (κ3) is 3.95. The number of nitrogens with one attached hydrogen (secondary N) is 1. The molecule has 1 aliphatic rings. The van der Waals surface area contributed by atoms with Crippen LogP contribution in [0.3, 0.4) is 0 Å². The van der Waals surface area contributed by atoms with Gasteiger partial charge in [0.2, 0.25) is 11.8 Å². The van der Waals surface area contributed by atoms with Gasteiger partial charge in [-0.05, 0) is 18.8 Å². The zero-order valence-electron chi connectivity index (χ0n) is 12.0. The van der Waals surface area contributed by atoms with Gasteiger partial charge in [-0.15, -0.1) is 0 Å². The molecule has 0 aromatic carbocycles. The quantitative estimate of drug-likeness (QED) is 0.814. The number of hydrogen-bond donors (Lipinski definition) is 1.